The van der Waals surface area contributed by atoms with Gasteiger partial charge in [0.2, 0.25) is 5.91 Å². The third-order valence-electron chi connectivity index (χ3n) is 2.36. The Labute approximate surface area is 83.9 Å². The first kappa shape index (κ1) is 11.0. The van der Waals surface area contributed by atoms with E-state index < -0.39 is 5.91 Å². The number of amides is 1. The molecule has 0 radical (unpaired) electrons. The fourth-order valence-electron chi connectivity index (χ4n) is 1.63. The van der Waals surface area contributed by atoms with Crippen molar-refractivity contribution in [1.82, 2.24) is 10.2 Å². The quantitative estimate of drug-likeness (QED) is 0.609. The van der Waals surface area contributed by atoms with Gasteiger partial charge in [0.05, 0.1) is 12.5 Å². The molecule has 3 N–H and O–H groups in total. The normalized spacial score (nSPS) is 20.8. The number of nitrogens with zero attached hydrogens (tertiary/aromatic N) is 2. The molecule has 0 spiro atoms. The Hall–Kier alpha value is -1.12. The van der Waals surface area contributed by atoms with Crippen LogP contribution in [-0.4, -0.2) is 43.0 Å². The van der Waals surface area contributed by atoms with Crippen LogP contribution in [0.3, 0.4) is 0 Å². The summed E-state index contributed by atoms with van der Waals surface area (Å²) in [6, 6.07) is 1.77. The highest BCUT2D eigenvalue weighted by Gasteiger charge is 2.20. The van der Waals surface area contributed by atoms with Crippen molar-refractivity contribution in [2.45, 2.75) is 18.9 Å². The van der Waals surface area contributed by atoms with Gasteiger partial charge in [-0.15, -0.1) is 0 Å². The van der Waals surface area contributed by atoms with Crippen molar-refractivity contribution >= 4 is 5.91 Å². The number of nitriles is 1. The summed E-state index contributed by atoms with van der Waals surface area (Å²) in [4.78, 5) is 12.7. The van der Waals surface area contributed by atoms with Gasteiger partial charge in [0, 0.05) is 19.6 Å². The zero-order valence-corrected chi connectivity index (χ0v) is 8.20. The second kappa shape index (κ2) is 5.58. The third kappa shape index (κ3) is 3.32. The Morgan fingerprint density at radius 3 is 3.00 bits per heavy atom. The summed E-state index contributed by atoms with van der Waals surface area (Å²) in [7, 11) is 0. The molecule has 0 aromatic heterocycles. The molecule has 0 bridgehead atoms. The minimum Gasteiger partial charge on any atom is -0.370 e. The van der Waals surface area contributed by atoms with E-state index in [1.165, 1.54) is 0 Å². The van der Waals surface area contributed by atoms with Gasteiger partial charge in [-0.25, -0.2) is 0 Å². The van der Waals surface area contributed by atoms with Gasteiger partial charge >= 0.3 is 0 Å². The van der Waals surface area contributed by atoms with E-state index in [1.54, 1.807) is 0 Å². The molecule has 1 unspecified atom stereocenters. The molecule has 1 rings (SSSR count). The number of hydrogen-bond donors (Lipinski definition) is 2. The fourth-order valence-corrected chi connectivity index (χ4v) is 1.63. The van der Waals surface area contributed by atoms with Crippen LogP contribution in [0.25, 0.3) is 0 Å². The van der Waals surface area contributed by atoms with Gasteiger partial charge in [0.25, 0.3) is 0 Å². The van der Waals surface area contributed by atoms with E-state index in [4.69, 9.17) is 11.0 Å². The summed E-state index contributed by atoms with van der Waals surface area (Å²) in [5, 5.41) is 12.1. The van der Waals surface area contributed by atoms with Crippen LogP contribution in [0.4, 0.5) is 0 Å². The van der Waals surface area contributed by atoms with Gasteiger partial charge in [-0.3, -0.25) is 9.69 Å². The fraction of sp³-hybridized carbons (Fsp3) is 0.778. The second-order valence-electron chi connectivity index (χ2n) is 3.45. The molecule has 1 amide bonds. The van der Waals surface area contributed by atoms with Crippen LogP contribution in [0.1, 0.15) is 12.8 Å². The number of primary amides is 1. The largest absolute Gasteiger partial charge is 0.370 e. The first-order chi connectivity index (χ1) is 6.74. The Balaban J connectivity index is 2.49. The molecule has 1 aliphatic rings. The van der Waals surface area contributed by atoms with Crippen LogP contribution in [0.2, 0.25) is 0 Å². The van der Waals surface area contributed by atoms with Crippen LogP contribution in [-0.2, 0) is 4.79 Å². The average Bonchev–Trinajstić information content (AvgIpc) is 2.41. The molecule has 78 valence electrons. The lowest BCUT2D eigenvalue weighted by molar-refractivity contribution is -0.118. The van der Waals surface area contributed by atoms with Crippen LogP contribution >= 0.6 is 0 Å². The van der Waals surface area contributed by atoms with Crippen molar-refractivity contribution in [2.75, 3.05) is 26.2 Å². The average molecular weight is 196 g/mol. The summed E-state index contributed by atoms with van der Waals surface area (Å²) in [5.41, 5.74) is 5.08. The Morgan fingerprint density at radius 2 is 2.36 bits per heavy atom. The van der Waals surface area contributed by atoms with E-state index in [-0.39, 0.29) is 12.5 Å². The SMILES string of the molecule is N#CC(CC(N)=O)N1CCCNCC1. The maximum atomic E-state index is 10.7. The van der Waals surface area contributed by atoms with E-state index in [0.717, 1.165) is 32.6 Å². The standard InChI is InChI=1S/C9H16N4O/c10-7-8(6-9(11)14)13-4-1-2-12-3-5-13/h8,12H,1-6H2,(H2,11,14). The Kier molecular flexibility index (Phi) is 4.36. The predicted molar refractivity (Wildman–Crippen MR) is 52.3 cm³/mol. The summed E-state index contributed by atoms with van der Waals surface area (Å²) < 4.78 is 0. The summed E-state index contributed by atoms with van der Waals surface area (Å²) in [5.74, 6) is -0.409. The zero-order valence-electron chi connectivity index (χ0n) is 8.20. The highest BCUT2D eigenvalue weighted by Crippen LogP contribution is 2.05. The lowest BCUT2D eigenvalue weighted by Gasteiger charge is -2.23. The molecule has 0 aliphatic carbocycles. The molecule has 1 atom stereocenters. The minimum absolute atomic E-state index is 0.135. The molecular weight excluding hydrogens is 180 g/mol. The molecule has 1 fully saturated rings. The molecular formula is C9H16N4O. The maximum absolute atomic E-state index is 10.7. The Morgan fingerprint density at radius 1 is 1.57 bits per heavy atom. The third-order valence-corrected chi connectivity index (χ3v) is 2.36. The van der Waals surface area contributed by atoms with Gasteiger partial charge < -0.3 is 11.1 Å². The van der Waals surface area contributed by atoms with Crippen molar-refractivity contribution in [3.8, 4) is 6.07 Å². The number of carbonyl (C=O) groups excluding carboxylic acids is 1. The van der Waals surface area contributed by atoms with E-state index >= 15 is 0 Å². The zero-order chi connectivity index (χ0) is 10.4. The van der Waals surface area contributed by atoms with Crippen LogP contribution in [0.15, 0.2) is 0 Å². The lowest BCUT2D eigenvalue weighted by Crippen LogP contribution is -2.39. The molecule has 1 aliphatic heterocycles. The van der Waals surface area contributed by atoms with Crippen molar-refractivity contribution in [1.29, 1.82) is 5.26 Å². The minimum atomic E-state index is -0.409. The monoisotopic (exact) mass is 196 g/mol. The molecule has 0 aromatic rings. The Bertz CT molecular complexity index is 227. The van der Waals surface area contributed by atoms with Gasteiger partial charge in [-0.05, 0) is 13.0 Å². The van der Waals surface area contributed by atoms with Crippen molar-refractivity contribution in [2.24, 2.45) is 5.73 Å². The number of nitrogens with one attached hydrogen (secondary N) is 1. The number of hydrogen-bond acceptors (Lipinski definition) is 4. The summed E-state index contributed by atoms with van der Waals surface area (Å²) >= 11 is 0. The molecule has 5 nitrogen and oxygen atoms in total. The van der Waals surface area contributed by atoms with Crippen LogP contribution in [0.5, 0.6) is 0 Å². The second-order valence-corrected chi connectivity index (χ2v) is 3.45. The van der Waals surface area contributed by atoms with E-state index in [2.05, 4.69) is 11.4 Å². The van der Waals surface area contributed by atoms with Crippen LogP contribution in [0, 0.1) is 11.3 Å². The molecule has 0 saturated carbocycles. The number of rotatable bonds is 3. The molecule has 14 heavy (non-hydrogen) atoms. The number of nitrogens with two attached hydrogens (primary N) is 1. The van der Waals surface area contributed by atoms with Gasteiger partial charge in [-0.1, -0.05) is 0 Å². The van der Waals surface area contributed by atoms with Gasteiger partial charge in [0.1, 0.15) is 6.04 Å². The number of carbonyl (C=O) groups is 1. The molecule has 0 aromatic carbocycles. The smallest absolute Gasteiger partial charge is 0.220 e. The van der Waals surface area contributed by atoms with E-state index in [1.807, 2.05) is 4.90 Å². The van der Waals surface area contributed by atoms with Crippen molar-refractivity contribution in [3.63, 3.8) is 0 Å². The van der Waals surface area contributed by atoms with Crippen molar-refractivity contribution in [3.05, 3.63) is 0 Å². The first-order valence-electron chi connectivity index (χ1n) is 4.86. The summed E-state index contributed by atoms with van der Waals surface area (Å²) in [6.07, 6.45) is 1.15. The van der Waals surface area contributed by atoms with Gasteiger partial charge in [0.15, 0.2) is 0 Å². The van der Waals surface area contributed by atoms with E-state index in [0.29, 0.717) is 0 Å². The van der Waals surface area contributed by atoms with E-state index in [9.17, 15) is 4.79 Å². The highest BCUT2D eigenvalue weighted by atomic mass is 16.1. The predicted octanol–water partition coefficient (Wildman–Crippen LogP) is -0.951. The maximum Gasteiger partial charge on any atom is 0.220 e. The summed E-state index contributed by atoms with van der Waals surface area (Å²) in [6.45, 7) is 3.52. The highest BCUT2D eigenvalue weighted by molar-refractivity contribution is 5.74. The van der Waals surface area contributed by atoms with Gasteiger partial charge in [-0.2, -0.15) is 5.26 Å². The van der Waals surface area contributed by atoms with Crippen molar-refractivity contribution < 1.29 is 4.79 Å². The molecule has 5 heteroatoms. The molecule has 1 heterocycles. The first-order valence-corrected chi connectivity index (χ1v) is 4.86. The van der Waals surface area contributed by atoms with Crippen LogP contribution < -0.4 is 11.1 Å². The topological polar surface area (TPSA) is 82.1 Å². The lowest BCUT2D eigenvalue weighted by atomic mass is 10.2. The molecule has 1 saturated heterocycles.